The zero-order valence-electron chi connectivity index (χ0n) is 27.2. The molecule has 48 heavy (non-hydrogen) atoms. The van der Waals surface area contributed by atoms with E-state index in [9.17, 15) is 27.9 Å². The van der Waals surface area contributed by atoms with Crippen LogP contribution >= 0.6 is 0 Å². The normalized spacial score (nSPS) is 26.5. The van der Waals surface area contributed by atoms with Crippen molar-refractivity contribution >= 4 is 34.8 Å². The van der Waals surface area contributed by atoms with Crippen molar-refractivity contribution in [3.05, 3.63) is 42.2 Å². The molecule has 1 aliphatic carbocycles. The highest BCUT2D eigenvalue weighted by molar-refractivity contribution is 5.85. The highest BCUT2D eigenvalue weighted by Crippen LogP contribution is 2.38. The Morgan fingerprint density at radius 2 is 1.88 bits per heavy atom. The summed E-state index contributed by atoms with van der Waals surface area (Å²) in [7, 11) is 4.03. The fourth-order valence-corrected chi connectivity index (χ4v) is 6.92. The molecule has 1 saturated carbocycles. The smallest absolute Gasteiger partial charge is 0.451 e. The van der Waals surface area contributed by atoms with Crippen LogP contribution < -0.4 is 15.5 Å². The average Bonchev–Trinajstić information content (AvgIpc) is 3.85. The van der Waals surface area contributed by atoms with E-state index in [-0.39, 0.29) is 24.9 Å². The summed E-state index contributed by atoms with van der Waals surface area (Å²) in [5.74, 6) is -1.89. The van der Waals surface area contributed by atoms with Crippen LogP contribution in [0.2, 0.25) is 0 Å². The summed E-state index contributed by atoms with van der Waals surface area (Å²) >= 11 is 0. The molecular formula is C32H42F3N9O4. The Hall–Kier alpha value is -4.02. The molecule has 0 spiro atoms. The Balaban J connectivity index is 1.34. The number of alkyl halides is 3. The number of aliphatic hydroxyl groups excluding tert-OH is 1. The van der Waals surface area contributed by atoms with Gasteiger partial charge in [-0.25, -0.2) is 9.78 Å². The lowest BCUT2D eigenvalue weighted by molar-refractivity contribution is -0.209. The van der Waals surface area contributed by atoms with Gasteiger partial charge in [-0.2, -0.15) is 23.1 Å². The molecule has 6 atom stereocenters. The van der Waals surface area contributed by atoms with Crippen molar-refractivity contribution in [3.63, 3.8) is 0 Å². The van der Waals surface area contributed by atoms with Gasteiger partial charge in [0, 0.05) is 51.2 Å². The summed E-state index contributed by atoms with van der Waals surface area (Å²) in [6, 6.07) is 8.61. The van der Waals surface area contributed by atoms with Crippen LogP contribution in [0.4, 0.5) is 24.9 Å². The Morgan fingerprint density at radius 1 is 1.10 bits per heavy atom. The first-order valence-electron chi connectivity index (χ1n) is 16.3. The van der Waals surface area contributed by atoms with Gasteiger partial charge < -0.3 is 34.8 Å². The van der Waals surface area contributed by atoms with Crippen molar-refractivity contribution in [3.8, 4) is 0 Å². The van der Waals surface area contributed by atoms with Crippen molar-refractivity contribution < 1.29 is 32.6 Å². The number of halogens is 3. The third-order valence-electron chi connectivity index (χ3n) is 9.57. The van der Waals surface area contributed by atoms with E-state index in [2.05, 4.69) is 42.5 Å². The molecule has 16 heteroatoms. The van der Waals surface area contributed by atoms with E-state index < -0.39 is 42.3 Å². The number of imidazole rings is 1. The maximum atomic E-state index is 13.3. The van der Waals surface area contributed by atoms with Crippen molar-refractivity contribution in [1.82, 2.24) is 34.6 Å². The second kappa shape index (κ2) is 13.8. The number of fused-ring (bicyclic) bond motifs is 1. The predicted molar refractivity (Wildman–Crippen MR) is 171 cm³/mol. The molecule has 0 bridgehead atoms. The van der Waals surface area contributed by atoms with Crippen LogP contribution in [0.5, 0.6) is 0 Å². The molecular weight excluding hydrogens is 631 g/mol. The van der Waals surface area contributed by atoms with Crippen molar-refractivity contribution in [2.45, 2.75) is 81.7 Å². The maximum absolute atomic E-state index is 13.3. The average molecular weight is 674 g/mol. The number of carbonyl (C=O) groups is 2. The van der Waals surface area contributed by atoms with E-state index in [1.54, 1.807) is 6.92 Å². The first-order valence-corrected chi connectivity index (χ1v) is 16.3. The van der Waals surface area contributed by atoms with Crippen molar-refractivity contribution in [2.24, 2.45) is 0 Å². The minimum absolute atomic E-state index is 0.0141. The molecule has 0 unspecified atom stereocenters. The van der Waals surface area contributed by atoms with Gasteiger partial charge in [-0.3, -0.25) is 9.69 Å². The number of likely N-dealkylation sites (tertiary alicyclic amines) is 1. The molecule has 2 aliphatic heterocycles. The second-order valence-electron chi connectivity index (χ2n) is 13.1. The molecule has 4 heterocycles. The lowest BCUT2D eigenvalue weighted by Gasteiger charge is -2.25. The van der Waals surface area contributed by atoms with Gasteiger partial charge in [0.15, 0.2) is 23.1 Å². The highest BCUT2D eigenvalue weighted by atomic mass is 19.4. The molecule has 0 radical (unpaired) electrons. The molecule has 1 aromatic carbocycles. The minimum atomic E-state index is -5.27. The van der Waals surface area contributed by atoms with Crippen molar-refractivity contribution in [1.29, 1.82) is 0 Å². The van der Waals surface area contributed by atoms with Gasteiger partial charge in [0.2, 0.25) is 11.9 Å². The first kappa shape index (κ1) is 33.9. The number of carbonyl (C=O) groups excluding carboxylic acids is 2. The van der Waals surface area contributed by atoms with E-state index in [0.717, 1.165) is 32.5 Å². The molecule has 260 valence electrons. The van der Waals surface area contributed by atoms with Gasteiger partial charge in [-0.05, 0) is 38.9 Å². The number of aliphatic hydroxyl groups is 1. The number of amides is 1. The Morgan fingerprint density at radius 3 is 2.56 bits per heavy atom. The molecule has 3 aliphatic rings. The SMILES string of the molecule is CCC(=O)N[C@H]1C[C@@H](n2cnc3c(N[C@@H]4CCN(Cc5ccccc5)C4)nc(N4CC[C@@H](N(C)C)C4)nc32)[C@H](OC(=O)C(F)(F)F)[C@@H]1O. The summed E-state index contributed by atoms with van der Waals surface area (Å²) in [6.45, 7) is 5.47. The molecule has 2 aromatic heterocycles. The molecule has 3 fully saturated rings. The van der Waals surface area contributed by atoms with Crippen LogP contribution in [-0.2, 0) is 20.9 Å². The van der Waals surface area contributed by atoms with Crippen LogP contribution in [0.3, 0.4) is 0 Å². The maximum Gasteiger partial charge on any atom is 0.490 e. The van der Waals surface area contributed by atoms with Gasteiger partial charge in [0.1, 0.15) is 6.10 Å². The predicted octanol–water partition coefficient (Wildman–Crippen LogP) is 2.33. The number of esters is 1. The standard InChI is InChI=1S/C32H42F3N9O4/c1-4-24(45)38-22-14-23(27(26(22)46)48-30(47)32(33,34)35)44-18-36-25-28(37-20-10-12-42(16-20)15-19-8-6-5-7-9-19)39-31(40-29(25)44)43-13-11-21(17-43)41(2)3/h5-9,18,20-23,26-27,46H,4,10-17H2,1-3H3,(H,38,45)(H,37,39,40)/t20-,21-,22+,23-,26-,27+/m1/s1. The largest absolute Gasteiger partial charge is 0.490 e. The number of hydrogen-bond donors (Lipinski definition) is 3. The van der Waals surface area contributed by atoms with Gasteiger partial charge in [0.05, 0.1) is 18.4 Å². The molecule has 13 nitrogen and oxygen atoms in total. The van der Waals surface area contributed by atoms with Crippen LogP contribution in [0.1, 0.15) is 44.2 Å². The van der Waals surface area contributed by atoms with E-state index in [1.807, 2.05) is 32.3 Å². The van der Waals surface area contributed by atoms with Gasteiger partial charge in [-0.15, -0.1) is 0 Å². The summed E-state index contributed by atoms with van der Waals surface area (Å²) < 4.78 is 46.4. The minimum Gasteiger partial charge on any atom is -0.451 e. The number of anilines is 2. The van der Waals surface area contributed by atoms with E-state index >= 15 is 0 Å². The van der Waals surface area contributed by atoms with Gasteiger partial charge in [0.25, 0.3) is 0 Å². The van der Waals surface area contributed by atoms with E-state index in [1.165, 1.54) is 16.5 Å². The van der Waals surface area contributed by atoms with Gasteiger partial charge >= 0.3 is 12.1 Å². The number of benzene rings is 1. The zero-order chi connectivity index (χ0) is 34.2. The topological polar surface area (TPSA) is 141 Å². The molecule has 6 rings (SSSR count). The summed E-state index contributed by atoms with van der Waals surface area (Å²) in [5.41, 5.74) is 1.95. The second-order valence-corrected chi connectivity index (χ2v) is 13.1. The van der Waals surface area contributed by atoms with Crippen LogP contribution in [0, 0.1) is 0 Å². The van der Waals surface area contributed by atoms with E-state index in [4.69, 9.17) is 14.7 Å². The summed E-state index contributed by atoms with van der Waals surface area (Å²) in [4.78, 5) is 45.2. The fraction of sp³-hybridized carbons (Fsp3) is 0.594. The number of aromatic nitrogens is 4. The lowest BCUT2D eigenvalue weighted by atomic mass is 10.2. The highest BCUT2D eigenvalue weighted by Gasteiger charge is 2.51. The van der Waals surface area contributed by atoms with E-state index in [0.29, 0.717) is 36.0 Å². The lowest BCUT2D eigenvalue weighted by Crippen LogP contribution is -2.45. The van der Waals surface area contributed by atoms with Crippen LogP contribution in [0.25, 0.3) is 11.2 Å². The molecule has 3 N–H and O–H groups in total. The number of nitrogens with one attached hydrogen (secondary N) is 2. The Labute approximate surface area is 276 Å². The molecule has 2 saturated heterocycles. The Bertz CT molecular complexity index is 1600. The molecule has 3 aromatic rings. The number of hydrogen-bond acceptors (Lipinski definition) is 11. The zero-order valence-corrected chi connectivity index (χ0v) is 27.2. The first-order chi connectivity index (χ1) is 22.9. The van der Waals surface area contributed by atoms with Crippen molar-refractivity contribution in [2.75, 3.05) is 50.5 Å². The number of nitrogens with zero attached hydrogens (tertiary/aromatic N) is 7. The van der Waals surface area contributed by atoms with Gasteiger partial charge in [-0.1, -0.05) is 37.3 Å². The third kappa shape index (κ3) is 7.20. The Kier molecular flexibility index (Phi) is 9.76. The van der Waals surface area contributed by atoms with Crippen LogP contribution in [0.15, 0.2) is 36.7 Å². The van der Waals surface area contributed by atoms with Crippen LogP contribution in [-0.4, -0.2) is 123 Å². The number of rotatable bonds is 10. The summed E-state index contributed by atoms with van der Waals surface area (Å²) in [6.07, 6.45) is -5.21. The third-order valence-corrected chi connectivity index (χ3v) is 9.57. The summed E-state index contributed by atoms with van der Waals surface area (Å²) in [5, 5.41) is 17.3. The number of likely N-dealkylation sites (N-methyl/N-ethyl adjacent to an activating group) is 1. The monoisotopic (exact) mass is 673 g/mol. The number of ether oxygens (including phenoxy) is 1. The molecule has 1 amide bonds. The fourth-order valence-electron chi connectivity index (χ4n) is 6.92. The quantitative estimate of drug-likeness (QED) is 0.273.